The number of carbonyl (C=O) groups is 1. The van der Waals surface area contributed by atoms with E-state index in [1.165, 1.54) is 32.4 Å². The van der Waals surface area contributed by atoms with Crippen molar-refractivity contribution in [2.45, 2.75) is 19.3 Å². The minimum absolute atomic E-state index is 0.700. The lowest BCUT2D eigenvalue weighted by Gasteiger charge is -2.26. The highest BCUT2D eigenvalue weighted by atomic mass is 16.5. The van der Waals surface area contributed by atoms with Crippen LogP contribution in [0.4, 0.5) is 0 Å². The summed E-state index contributed by atoms with van der Waals surface area (Å²) in [6.07, 6.45) is 4.87. The van der Waals surface area contributed by atoms with E-state index in [-0.39, 0.29) is 0 Å². The standard InChI is InChI=1S/C20H23NO2/c22-16-17-4-6-18(7-5-17)19-8-10-20(11-9-19)23-15-14-21-12-2-1-3-13-21/h4-11,16H,1-3,12-15H2. The molecule has 3 rings (SSSR count). The van der Waals surface area contributed by atoms with Gasteiger partial charge in [-0.2, -0.15) is 0 Å². The van der Waals surface area contributed by atoms with E-state index in [0.29, 0.717) is 5.56 Å². The molecule has 0 spiro atoms. The van der Waals surface area contributed by atoms with Crippen LogP contribution in [0.2, 0.25) is 0 Å². The van der Waals surface area contributed by atoms with Crippen molar-refractivity contribution in [3.8, 4) is 16.9 Å². The molecule has 1 aliphatic heterocycles. The molecule has 0 amide bonds. The molecule has 1 fully saturated rings. The van der Waals surface area contributed by atoms with Crippen LogP contribution in [0.25, 0.3) is 11.1 Å². The first kappa shape index (κ1) is 15.8. The van der Waals surface area contributed by atoms with Gasteiger partial charge in [-0.15, -0.1) is 0 Å². The Morgan fingerprint density at radius 2 is 1.48 bits per heavy atom. The van der Waals surface area contributed by atoms with Crippen LogP contribution in [0.5, 0.6) is 5.75 Å². The molecule has 0 aromatic heterocycles. The normalized spacial score (nSPS) is 15.3. The van der Waals surface area contributed by atoms with Crippen LogP contribution in [0.1, 0.15) is 29.6 Å². The number of carbonyl (C=O) groups excluding carboxylic acids is 1. The van der Waals surface area contributed by atoms with Crippen molar-refractivity contribution in [3.05, 3.63) is 54.1 Å². The van der Waals surface area contributed by atoms with E-state index in [4.69, 9.17) is 4.74 Å². The van der Waals surface area contributed by atoms with E-state index in [9.17, 15) is 4.79 Å². The molecular formula is C20H23NO2. The Hall–Kier alpha value is -2.13. The summed E-state index contributed by atoms with van der Waals surface area (Å²) in [5.41, 5.74) is 2.94. The Morgan fingerprint density at radius 3 is 2.09 bits per heavy atom. The fourth-order valence-corrected chi connectivity index (χ4v) is 2.97. The zero-order chi connectivity index (χ0) is 15.9. The van der Waals surface area contributed by atoms with Gasteiger partial charge in [0.15, 0.2) is 0 Å². The number of ether oxygens (including phenoxy) is 1. The zero-order valence-corrected chi connectivity index (χ0v) is 13.4. The van der Waals surface area contributed by atoms with E-state index in [0.717, 1.165) is 36.3 Å². The van der Waals surface area contributed by atoms with Gasteiger partial charge in [-0.05, 0) is 49.2 Å². The molecule has 0 radical (unpaired) electrons. The molecule has 0 atom stereocenters. The lowest BCUT2D eigenvalue weighted by molar-refractivity contribution is 0.112. The third-order valence-corrected chi connectivity index (χ3v) is 4.36. The summed E-state index contributed by atoms with van der Waals surface area (Å²) < 4.78 is 5.85. The molecule has 0 aliphatic carbocycles. The van der Waals surface area contributed by atoms with E-state index >= 15 is 0 Å². The Labute approximate surface area is 137 Å². The van der Waals surface area contributed by atoms with Crippen molar-refractivity contribution in [2.24, 2.45) is 0 Å². The van der Waals surface area contributed by atoms with Crippen molar-refractivity contribution in [2.75, 3.05) is 26.2 Å². The van der Waals surface area contributed by atoms with Gasteiger partial charge in [0, 0.05) is 12.1 Å². The first-order chi connectivity index (χ1) is 11.3. The van der Waals surface area contributed by atoms with E-state index in [1.54, 1.807) is 0 Å². The average Bonchev–Trinajstić information content (AvgIpc) is 2.63. The minimum atomic E-state index is 0.700. The van der Waals surface area contributed by atoms with E-state index in [2.05, 4.69) is 17.0 Å². The Morgan fingerprint density at radius 1 is 0.870 bits per heavy atom. The topological polar surface area (TPSA) is 29.5 Å². The first-order valence-corrected chi connectivity index (χ1v) is 8.36. The second kappa shape index (κ2) is 7.93. The fraction of sp³-hybridized carbons (Fsp3) is 0.350. The maximum Gasteiger partial charge on any atom is 0.150 e. The van der Waals surface area contributed by atoms with Crippen LogP contribution in [0.15, 0.2) is 48.5 Å². The molecule has 0 saturated carbocycles. The predicted molar refractivity (Wildman–Crippen MR) is 93.1 cm³/mol. The monoisotopic (exact) mass is 309 g/mol. The summed E-state index contributed by atoms with van der Waals surface area (Å²) in [6, 6.07) is 15.8. The van der Waals surface area contributed by atoms with Gasteiger partial charge in [0.1, 0.15) is 18.6 Å². The van der Waals surface area contributed by atoms with Crippen molar-refractivity contribution in [1.82, 2.24) is 4.90 Å². The van der Waals surface area contributed by atoms with Crippen molar-refractivity contribution in [1.29, 1.82) is 0 Å². The second-order valence-corrected chi connectivity index (χ2v) is 6.01. The quantitative estimate of drug-likeness (QED) is 0.755. The van der Waals surface area contributed by atoms with Crippen LogP contribution in [-0.2, 0) is 0 Å². The van der Waals surface area contributed by atoms with Gasteiger partial charge in [0.05, 0.1) is 0 Å². The molecule has 23 heavy (non-hydrogen) atoms. The average molecular weight is 309 g/mol. The van der Waals surface area contributed by atoms with Crippen LogP contribution in [0, 0.1) is 0 Å². The Kier molecular flexibility index (Phi) is 5.43. The summed E-state index contributed by atoms with van der Waals surface area (Å²) >= 11 is 0. The number of benzene rings is 2. The third kappa shape index (κ3) is 4.42. The van der Waals surface area contributed by atoms with Gasteiger partial charge in [-0.25, -0.2) is 0 Å². The SMILES string of the molecule is O=Cc1ccc(-c2ccc(OCCN3CCCCC3)cc2)cc1. The number of likely N-dealkylation sites (tertiary alicyclic amines) is 1. The Balaban J connectivity index is 1.52. The number of hydrogen-bond donors (Lipinski definition) is 0. The van der Waals surface area contributed by atoms with Gasteiger partial charge in [-0.1, -0.05) is 42.8 Å². The van der Waals surface area contributed by atoms with Gasteiger partial charge in [0.25, 0.3) is 0 Å². The largest absolute Gasteiger partial charge is 0.492 e. The minimum Gasteiger partial charge on any atom is -0.492 e. The molecule has 3 heteroatoms. The summed E-state index contributed by atoms with van der Waals surface area (Å²) in [6.45, 7) is 4.17. The highest BCUT2D eigenvalue weighted by Crippen LogP contribution is 2.22. The zero-order valence-electron chi connectivity index (χ0n) is 13.4. The summed E-state index contributed by atoms with van der Waals surface area (Å²) in [7, 11) is 0. The maximum atomic E-state index is 10.7. The van der Waals surface area contributed by atoms with E-state index < -0.39 is 0 Å². The summed E-state index contributed by atoms with van der Waals surface area (Å²) in [4.78, 5) is 13.2. The van der Waals surface area contributed by atoms with Gasteiger partial charge in [0.2, 0.25) is 0 Å². The van der Waals surface area contributed by atoms with Crippen LogP contribution >= 0.6 is 0 Å². The first-order valence-electron chi connectivity index (χ1n) is 8.36. The number of aldehydes is 1. The third-order valence-electron chi connectivity index (χ3n) is 4.36. The summed E-state index contributed by atoms with van der Waals surface area (Å²) in [5.74, 6) is 0.912. The van der Waals surface area contributed by atoms with Gasteiger partial charge >= 0.3 is 0 Å². The fourth-order valence-electron chi connectivity index (χ4n) is 2.97. The van der Waals surface area contributed by atoms with Crippen LogP contribution in [-0.4, -0.2) is 37.4 Å². The lowest BCUT2D eigenvalue weighted by atomic mass is 10.0. The number of hydrogen-bond acceptors (Lipinski definition) is 3. The molecule has 120 valence electrons. The molecule has 0 N–H and O–H groups in total. The van der Waals surface area contributed by atoms with Crippen LogP contribution in [0.3, 0.4) is 0 Å². The molecule has 0 bridgehead atoms. The Bertz CT molecular complexity index is 613. The highest BCUT2D eigenvalue weighted by Gasteiger charge is 2.09. The number of rotatable bonds is 6. The van der Waals surface area contributed by atoms with Crippen molar-refractivity contribution in [3.63, 3.8) is 0 Å². The molecule has 2 aromatic carbocycles. The molecule has 2 aromatic rings. The molecule has 3 nitrogen and oxygen atoms in total. The van der Waals surface area contributed by atoms with Gasteiger partial charge < -0.3 is 4.74 Å². The lowest BCUT2D eigenvalue weighted by Crippen LogP contribution is -2.33. The molecule has 0 unspecified atom stereocenters. The highest BCUT2D eigenvalue weighted by molar-refractivity contribution is 5.76. The number of piperidine rings is 1. The van der Waals surface area contributed by atoms with Crippen molar-refractivity contribution < 1.29 is 9.53 Å². The second-order valence-electron chi connectivity index (χ2n) is 6.01. The maximum absolute atomic E-state index is 10.7. The smallest absolute Gasteiger partial charge is 0.150 e. The molecule has 1 saturated heterocycles. The van der Waals surface area contributed by atoms with Crippen molar-refractivity contribution >= 4 is 6.29 Å². The number of nitrogens with zero attached hydrogens (tertiary/aromatic N) is 1. The van der Waals surface area contributed by atoms with Gasteiger partial charge in [-0.3, -0.25) is 9.69 Å². The molecule has 1 aliphatic rings. The van der Waals surface area contributed by atoms with Crippen LogP contribution < -0.4 is 4.74 Å². The summed E-state index contributed by atoms with van der Waals surface area (Å²) in [5, 5.41) is 0. The molecular weight excluding hydrogens is 286 g/mol. The molecule has 1 heterocycles. The van der Waals surface area contributed by atoms with E-state index in [1.807, 2.05) is 36.4 Å². The predicted octanol–water partition coefficient (Wildman–Crippen LogP) is 4.03.